The van der Waals surface area contributed by atoms with Gasteiger partial charge in [-0.05, 0) is 53.3 Å². The van der Waals surface area contributed by atoms with Crippen molar-refractivity contribution in [1.29, 1.82) is 0 Å². The Kier molecular flexibility index (Phi) is 1.27. The molecule has 0 aromatic rings. The lowest BCUT2D eigenvalue weighted by Crippen LogP contribution is -2.37. The molecule has 6 saturated carbocycles. The number of halogens is 2. The zero-order valence-electron chi connectivity index (χ0n) is 8.16. The third-order valence-corrected chi connectivity index (χ3v) is 10.6. The second kappa shape index (κ2) is 2.08. The lowest BCUT2D eigenvalue weighted by Gasteiger charge is -2.40. The fraction of sp³-hybridized carbons (Fsp3) is 1.00. The van der Waals surface area contributed by atoms with Crippen LogP contribution in [-0.2, 0) is 0 Å². The van der Waals surface area contributed by atoms with Crippen molar-refractivity contribution in [2.24, 2.45) is 46.8 Å². The Morgan fingerprint density at radius 2 is 1.79 bits per heavy atom. The summed E-state index contributed by atoms with van der Waals surface area (Å²) >= 11 is 5.64. The molecule has 0 radical (unpaired) electrons. The van der Waals surface area contributed by atoms with Crippen molar-refractivity contribution in [2.45, 2.75) is 21.2 Å². The van der Waals surface area contributed by atoms with E-state index in [0.29, 0.717) is 0 Å². The van der Waals surface area contributed by atoms with Crippen molar-refractivity contribution in [3.8, 4) is 0 Å². The summed E-state index contributed by atoms with van der Waals surface area (Å²) in [5, 5.41) is 0. The molecule has 0 aliphatic heterocycles. The first-order valence-corrected chi connectivity index (χ1v) is 8.44. The van der Waals surface area contributed by atoms with Crippen LogP contribution in [-0.4, -0.2) is 7.85 Å². The van der Waals surface area contributed by atoms with E-state index in [1.807, 2.05) is 0 Å². The van der Waals surface area contributed by atoms with E-state index in [1.165, 1.54) is 17.8 Å². The Morgan fingerprint density at radius 3 is 2.50 bits per heavy atom. The smallest absolute Gasteiger partial charge is 0.0203 e. The highest BCUT2D eigenvalue weighted by Gasteiger charge is 2.86. The quantitative estimate of drug-likeness (QED) is 0.423. The first-order valence-electron chi connectivity index (χ1n) is 5.95. The second-order valence-electron chi connectivity index (χ2n) is 6.56. The third kappa shape index (κ3) is 0.519. The van der Waals surface area contributed by atoms with E-state index in [0.717, 1.165) is 36.9 Å². The molecule has 6 aliphatic carbocycles. The molecule has 10 atom stereocenters. The molecular weight excluding hydrogens is 398 g/mol. The van der Waals surface area contributed by atoms with E-state index in [2.05, 4.69) is 52.1 Å². The SMILES string of the molecule is C[C@]12[C@@H]3[C@@H](I)[C@H]4[C@H]5C[C@H]([C@H]([C@H]53)[C@@H]1I)[C@H]42. The summed E-state index contributed by atoms with van der Waals surface area (Å²) in [7, 11) is 0. The highest BCUT2D eigenvalue weighted by atomic mass is 127. The summed E-state index contributed by atoms with van der Waals surface area (Å²) in [5.74, 6) is 8.18. The number of hydrogen-bond donors (Lipinski definition) is 0. The Bertz CT molecular complexity index is 348. The molecule has 14 heavy (non-hydrogen) atoms. The van der Waals surface area contributed by atoms with Crippen LogP contribution in [0.25, 0.3) is 0 Å². The van der Waals surface area contributed by atoms with E-state index < -0.39 is 0 Å². The maximum atomic E-state index is 2.82. The minimum absolute atomic E-state index is 0.782. The van der Waals surface area contributed by atoms with Crippen molar-refractivity contribution in [3.63, 3.8) is 0 Å². The number of hydrogen-bond acceptors (Lipinski definition) is 0. The standard InChI is InChI=1S/C12H14I2/c1-12-8-4-2-3-5(6(4)11(12)14)9(12)10(13)7(3)8/h3-11H,2H2,1H3/t3-,4+,5-,6+,7-,8+,9-,10-,11-,12-/m0/s1. The molecular formula is C12H14I2. The first kappa shape index (κ1) is 8.54. The largest absolute Gasteiger partial charge is 0.0820 e. The molecule has 0 heterocycles. The van der Waals surface area contributed by atoms with Crippen LogP contribution in [0.2, 0.25) is 0 Å². The van der Waals surface area contributed by atoms with Gasteiger partial charge in [0, 0.05) is 7.85 Å². The van der Waals surface area contributed by atoms with Gasteiger partial charge in [0.1, 0.15) is 0 Å². The molecule has 0 nitrogen and oxygen atoms in total. The van der Waals surface area contributed by atoms with Crippen molar-refractivity contribution in [2.75, 3.05) is 0 Å². The van der Waals surface area contributed by atoms with Crippen molar-refractivity contribution < 1.29 is 0 Å². The highest BCUT2D eigenvalue weighted by molar-refractivity contribution is 14.1. The van der Waals surface area contributed by atoms with Gasteiger partial charge in [-0.3, -0.25) is 0 Å². The fourth-order valence-electron chi connectivity index (χ4n) is 6.99. The molecule has 6 bridgehead atoms. The van der Waals surface area contributed by atoms with Crippen molar-refractivity contribution >= 4 is 45.2 Å². The van der Waals surface area contributed by atoms with Crippen molar-refractivity contribution in [1.82, 2.24) is 0 Å². The van der Waals surface area contributed by atoms with Gasteiger partial charge < -0.3 is 0 Å². The summed E-state index contributed by atoms with van der Waals surface area (Å²) < 4.78 is 2.10. The van der Waals surface area contributed by atoms with E-state index in [9.17, 15) is 0 Å². The van der Waals surface area contributed by atoms with Crippen LogP contribution in [0.1, 0.15) is 13.3 Å². The molecule has 6 rings (SSSR count). The summed E-state index contributed by atoms with van der Waals surface area (Å²) in [5.41, 5.74) is 0.782. The summed E-state index contributed by atoms with van der Waals surface area (Å²) in [6, 6.07) is 0. The Morgan fingerprint density at radius 1 is 1.00 bits per heavy atom. The van der Waals surface area contributed by atoms with Crippen molar-refractivity contribution in [3.05, 3.63) is 0 Å². The molecule has 0 unspecified atom stereocenters. The first-order chi connectivity index (χ1) is 6.67. The van der Waals surface area contributed by atoms with Gasteiger partial charge in [-0.25, -0.2) is 0 Å². The molecule has 6 aliphatic rings. The predicted octanol–water partition coefficient (Wildman–Crippen LogP) is 3.37. The average Bonchev–Trinajstić information content (AvgIpc) is 2.81. The van der Waals surface area contributed by atoms with Gasteiger partial charge in [-0.2, -0.15) is 0 Å². The van der Waals surface area contributed by atoms with Gasteiger partial charge >= 0.3 is 0 Å². The maximum absolute atomic E-state index is 2.82. The molecule has 0 saturated heterocycles. The minimum atomic E-state index is 0.782. The maximum Gasteiger partial charge on any atom is 0.0203 e. The molecule has 2 heteroatoms. The summed E-state index contributed by atoms with van der Waals surface area (Å²) in [6.45, 7) is 2.65. The van der Waals surface area contributed by atoms with Crippen LogP contribution in [0, 0.1) is 46.8 Å². The number of alkyl halides is 2. The van der Waals surface area contributed by atoms with E-state index in [4.69, 9.17) is 0 Å². The van der Waals surface area contributed by atoms with Gasteiger partial charge in [-0.15, -0.1) is 0 Å². The molecule has 0 aromatic carbocycles. The van der Waals surface area contributed by atoms with E-state index in [-0.39, 0.29) is 0 Å². The Balaban J connectivity index is 1.88. The zero-order chi connectivity index (χ0) is 9.40. The molecule has 0 amide bonds. The van der Waals surface area contributed by atoms with Gasteiger partial charge in [0.2, 0.25) is 0 Å². The van der Waals surface area contributed by atoms with Crippen LogP contribution < -0.4 is 0 Å². The van der Waals surface area contributed by atoms with E-state index >= 15 is 0 Å². The van der Waals surface area contributed by atoms with Gasteiger partial charge in [0.25, 0.3) is 0 Å². The van der Waals surface area contributed by atoms with Gasteiger partial charge in [-0.1, -0.05) is 52.1 Å². The molecule has 0 spiro atoms. The molecule has 6 fully saturated rings. The Hall–Kier alpha value is 1.46. The van der Waals surface area contributed by atoms with Crippen LogP contribution in [0.3, 0.4) is 0 Å². The molecule has 0 N–H and O–H groups in total. The van der Waals surface area contributed by atoms with Crippen LogP contribution in [0.15, 0.2) is 0 Å². The monoisotopic (exact) mass is 412 g/mol. The lowest BCUT2D eigenvalue weighted by molar-refractivity contribution is 0.0703. The average molecular weight is 412 g/mol. The summed E-state index contributed by atoms with van der Waals surface area (Å²) in [6.07, 6.45) is 1.63. The Labute approximate surface area is 112 Å². The molecule has 0 aromatic heterocycles. The lowest BCUT2D eigenvalue weighted by atomic mass is 9.64. The van der Waals surface area contributed by atoms with Crippen LogP contribution in [0.4, 0.5) is 0 Å². The predicted molar refractivity (Wildman–Crippen MR) is 72.8 cm³/mol. The normalized spacial score (nSPS) is 85.5. The number of rotatable bonds is 0. The van der Waals surface area contributed by atoms with Crippen LogP contribution in [0.5, 0.6) is 0 Å². The highest BCUT2D eigenvalue weighted by Crippen LogP contribution is 2.89. The zero-order valence-corrected chi connectivity index (χ0v) is 12.5. The molecule has 76 valence electrons. The van der Waals surface area contributed by atoms with Gasteiger partial charge in [0.15, 0.2) is 0 Å². The topological polar surface area (TPSA) is 0 Å². The summed E-state index contributed by atoms with van der Waals surface area (Å²) in [4.78, 5) is 0. The second-order valence-corrected chi connectivity index (χ2v) is 9.34. The van der Waals surface area contributed by atoms with Crippen LogP contribution >= 0.6 is 45.2 Å². The minimum Gasteiger partial charge on any atom is -0.0820 e. The fourth-order valence-corrected chi connectivity index (χ4v) is 11.1. The third-order valence-electron chi connectivity index (χ3n) is 6.84. The van der Waals surface area contributed by atoms with E-state index in [1.54, 1.807) is 6.42 Å². The van der Waals surface area contributed by atoms with Gasteiger partial charge in [0.05, 0.1) is 0 Å².